The van der Waals surface area contributed by atoms with Gasteiger partial charge in [-0.1, -0.05) is 49.7 Å². The molecule has 3 aromatic carbocycles. The van der Waals surface area contributed by atoms with E-state index in [1.807, 2.05) is 42.5 Å². The van der Waals surface area contributed by atoms with E-state index in [1.165, 1.54) is 5.56 Å². The van der Waals surface area contributed by atoms with Crippen LogP contribution in [0.2, 0.25) is 0 Å². The number of fused-ring (bicyclic) bond motifs is 2. The summed E-state index contributed by atoms with van der Waals surface area (Å²) in [6.45, 7) is 4.56. The maximum absolute atomic E-state index is 13.4. The summed E-state index contributed by atoms with van der Waals surface area (Å²) in [5, 5.41) is 21.8. The Morgan fingerprint density at radius 2 is 1.74 bits per heavy atom. The third-order valence-corrected chi connectivity index (χ3v) is 9.15. The molecule has 1 aliphatic carbocycles. The van der Waals surface area contributed by atoms with Gasteiger partial charge in [-0.05, 0) is 91.1 Å². The van der Waals surface area contributed by atoms with Crippen LogP contribution in [0.1, 0.15) is 60.5 Å². The zero-order valence-electron chi connectivity index (χ0n) is 26.4. The topological polar surface area (TPSA) is 113 Å². The Morgan fingerprint density at radius 1 is 0.913 bits per heavy atom. The second-order valence-electron chi connectivity index (χ2n) is 11.3. The molecule has 0 unspecified atom stereocenters. The van der Waals surface area contributed by atoms with Crippen molar-refractivity contribution >= 4 is 46.0 Å². The molecular formula is C38H40N2O5S. The number of carbonyl (C=O) groups excluding carboxylic acids is 1. The quantitative estimate of drug-likeness (QED) is 0.0596. The van der Waals surface area contributed by atoms with Gasteiger partial charge in [0.2, 0.25) is 0 Å². The van der Waals surface area contributed by atoms with Crippen LogP contribution in [0.3, 0.4) is 0 Å². The van der Waals surface area contributed by atoms with E-state index in [0.717, 1.165) is 76.2 Å². The van der Waals surface area contributed by atoms with Gasteiger partial charge in [-0.2, -0.15) is 11.8 Å². The largest absolute Gasteiger partial charge is 0.481 e. The molecule has 0 aromatic heterocycles. The number of unbranched alkanes of at least 4 members (excludes halogenated alkanes) is 2. The number of aryl methyl sites for hydroxylation is 2. The Morgan fingerprint density at radius 3 is 2.57 bits per heavy atom. The number of carboxylic acid groups (broad SMARTS) is 1. The molecule has 0 radical (unpaired) electrons. The van der Waals surface area contributed by atoms with Gasteiger partial charge >= 0.3 is 11.9 Å². The molecule has 0 saturated heterocycles. The molecule has 0 atom stereocenters. The Labute approximate surface area is 273 Å². The maximum atomic E-state index is 13.4. The predicted molar refractivity (Wildman–Crippen MR) is 186 cm³/mol. The minimum atomic E-state index is -0.743. The second kappa shape index (κ2) is 15.6. The Hall–Kier alpha value is -4.56. The lowest BCUT2D eigenvalue weighted by molar-refractivity contribution is -0.137. The van der Waals surface area contributed by atoms with Gasteiger partial charge in [0.1, 0.15) is 11.3 Å². The number of nitrogens with one attached hydrogen (secondary N) is 2. The summed E-state index contributed by atoms with van der Waals surface area (Å²) in [6.07, 6.45) is 4.48. The van der Waals surface area contributed by atoms with Crippen LogP contribution < -0.4 is 10.7 Å². The molecule has 0 spiro atoms. The van der Waals surface area contributed by atoms with Gasteiger partial charge in [-0.3, -0.25) is 4.79 Å². The Balaban J connectivity index is 1.38. The van der Waals surface area contributed by atoms with Crippen molar-refractivity contribution in [2.24, 2.45) is 0 Å². The number of rotatable bonds is 15. The van der Waals surface area contributed by atoms with Crippen molar-refractivity contribution in [2.75, 3.05) is 23.4 Å². The molecule has 1 aliphatic heterocycles. The number of ether oxygens (including phenoxy) is 1. The molecule has 1 heterocycles. The lowest BCUT2D eigenvalue weighted by Gasteiger charge is -2.19. The molecule has 7 nitrogen and oxygen atoms in total. The van der Waals surface area contributed by atoms with E-state index >= 15 is 0 Å². The molecule has 8 heteroatoms. The first-order valence-electron chi connectivity index (χ1n) is 15.8. The van der Waals surface area contributed by atoms with E-state index in [0.29, 0.717) is 35.3 Å². The SMILES string of the molecule is CCc1cccc(C)c1Nc1ccc2c(-c3ccccc3C(=O)OCCCSCCCCCC(=O)O)c3ccc(=N)cc-3oc2c1. The van der Waals surface area contributed by atoms with Gasteiger partial charge in [0.15, 0.2) is 0 Å². The summed E-state index contributed by atoms with van der Waals surface area (Å²) in [4.78, 5) is 24.1. The summed E-state index contributed by atoms with van der Waals surface area (Å²) in [5.41, 5.74) is 7.91. The fourth-order valence-electron chi connectivity index (χ4n) is 5.65. The number of benzene rings is 4. The fraction of sp³-hybridized carbons (Fsp3) is 0.289. The van der Waals surface area contributed by atoms with Gasteiger partial charge in [-0.15, -0.1) is 0 Å². The summed E-state index contributed by atoms with van der Waals surface area (Å²) in [5.74, 6) is 1.29. The van der Waals surface area contributed by atoms with Gasteiger partial charge in [-0.25, -0.2) is 4.79 Å². The third kappa shape index (κ3) is 7.98. The first-order chi connectivity index (χ1) is 22.4. The van der Waals surface area contributed by atoms with Crippen LogP contribution >= 0.6 is 11.8 Å². The number of thioether (sulfide) groups is 1. The Bertz CT molecular complexity index is 1860. The molecule has 0 bridgehead atoms. The van der Waals surface area contributed by atoms with Crippen LogP contribution in [0, 0.1) is 12.3 Å². The molecule has 0 fully saturated rings. The zero-order valence-corrected chi connectivity index (χ0v) is 27.2. The Kier molecular flexibility index (Phi) is 11.2. The van der Waals surface area contributed by atoms with Crippen LogP contribution in [0.5, 0.6) is 0 Å². The second-order valence-corrected chi connectivity index (χ2v) is 12.6. The van der Waals surface area contributed by atoms with Crippen molar-refractivity contribution in [3.05, 3.63) is 101 Å². The number of carboxylic acids is 1. The predicted octanol–water partition coefficient (Wildman–Crippen LogP) is 9.22. The normalized spacial score (nSPS) is 11.2. The van der Waals surface area contributed by atoms with Gasteiger partial charge < -0.3 is 25.0 Å². The highest BCUT2D eigenvalue weighted by molar-refractivity contribution is 7.99. The fourth-order valence-corrected chi connectivity index (χ4v) is 6.58. The smallest absolute Gasteiger partial charge is 0.338 e. The van der Waals surface area contributed by atoms with Crippen molar-refractivity contribution in [3.63, 3.8) is 0 Å². The molecule has 3 aromatic rings. The van der Waals surface area contributed by atoms with E-state index < -0.39 is 5.97 Å². The number of aliphatic carboxylic acids is 1. The molecule has 5 rings (SSSR count). The van der Waals surface area contributed by atoms with Gasteiger partial charge in [0, 0.05) is 46.4 Å². The van der Waals surface area contributed by atoms with Crippen LogP contribution in [-0.4, -0.2) is 35.2 Å². The lowest BCUT2D eigenvalue weighted by atomic mass is 9.90. The maximum Gasteiger partial charge on any atom is 0.338 e. The van der Waals surface area contributed by atoms with Crippen LogP contribution in [-0.2, 0) is 16.0 Å². The average molecular weight is 637 g/mol. The molecule has 0 amide bonds. The van der Waals surface area contributed by atoms with E-state index in [4.69, 9.17) is 19.7 Å². The molecule has 238 valence electrons. The van der Waals surface area contributed by atoms with Crippen molar-refractivity contribution in [3.8, 4) is 22.5 Å². The van der Waals surface area contributed by atoms with E-state index in [-0.39, 0.29) is 12.4 Å². The highest BCUT2D eigenvalue weighted by Gasteiger charge is 2.22. The number of para-hydroxylation sites is 1. The number of carbonyl (C=O) groups is 2. The van der Waals surface area contributed by atoms with Crippen molar-refractivity contribution < 1.29 is 23.8 Å². The lowest BCUT2D eigenvalue weighted by Crippen LogP contribution is -2.09. The summed E-state index contributed by atoms with van der Waals surface area (Å²) in [6, 6.07) is 25.1. The van der Waals surface area contributed by atoms with Crippen molar-refractivity contribution in [1.82, 2.24) is 0 Å². The van der Waals surface area contributed by atoms with Crippen LogP contribution in [0.25, 0.3) is 33.4 Å². The molecule has 2 aliphatic rings. The van der Waals surface area contributed by atoms with Crippen molar-refractivity contribution in [2.45, 2.75) is 52.4 Å². The van der Waals surface area contributed by atoms with E-state index in [1.54, 1.807) is 30.0 Å². The van der Waals surface area contributed by atoms with Gasteiger partial charge in [0.25, 0.3) is 0 Å². The minimum Gasteiger partial charge on any atom is -0.481 e. The third-order valence-electron chi connectivity index (χ3n) is 7.99. The summed E-state index contributed by atoms with van der Waals surface area (Å²) >= 11 is 1.80. The number of hydrogen-bond acceptors (Lipinski definition) is 7. The molecule has 3 N–H and O–H groups in total. The van der Waals surface area contributed by atoms with E-state index in [2.05, 4.69) is 37.4 Å². The monoisotopic (exact) mass is 636 g/mol. The molecule has 46 heavy (non-hydrogen) atoms. The van der Waals surface area contributed by atoms with E-state index in [9.17, 15) is 9.59 Å². The molecular weight excluding hydrogens is 596 g/mol. The van der Waals surface area contributed by atoms with Gasteiger partial charge in [0.05, 0.1) is 17.5 Å². The molecule has 0 saturated carbocycles. The first kappa shape index (κ1) is 32.8. The van der Waals surface area contributed by atoms with Crippen LogP contribution in [0.4, 0.5) is 11.4 Å². The number of anilines is 2. The van der Waals surface area contributed by atoms with Crippen molar-refractivity contribution in [1.29, 1.82) is 5.41 Å². The number of hydrogen-bond donors (Lipinski definition) is 3. The standard InChI is InChI=1S/C38H40N2O5S/c1-3-26-12-9-11-25(2)37(26)40-28-17-19-32-34(24-28)45-33-23-27(39)16-18-31(33)36(32)29-13-6-7-14-30(29)38(43)44-20-10-22-46-21-8-4-5-15-35(41)42/h6-7,9,11-14,16-19,23-24,39-40H,3-5,8,10,15,20-22H2,1-2H3,(H,41,42). The minimum absolute atomic E-state index is 0.225. The summed E-state index contributed by atoms with van der Waals surface area (Å²) in [7, 11) is 0. The zero-order chi connectivity index (χ0) is 32.5. The first-order valence-corrected chi connectivity index (χ1v) is 17.0. The van der Waals surface area contributed by atoms with Crippen LogP contribution in [0.15, 0.2) is 83.3 Å². The average Bonchev–Trinajstić information content (AvgIpc) is 3.05. The number of esters is 1. The highest BCUT2D eigenvalue weighted by Crippen LogP contribution is 2.42. The highest BCUT2D eigenvalue weighted by atomic mass is 32.2. The summed E-state index contributed by atoms with van der Waals surface area (Å²) < 4.78 is 12.1.